The molecule has 0 radical (unpaired) electrons. The molecule has 5 rings (SSSR count). The van der Waals surface area contributed by atoms with Crippen LogP contribution in [-0.2, 0) is 6.42 Å². The SMILES string of the molecule is CC.CC(C)CCCC(C)C1CCC2C3CCC4CC(Cc5ccccc5)CCC4(C)C3CCC12C. The summed E-state index contributed by atoms with van der Waals surface area (Å²) in [6.07, 6.45) is 19.4. The molecule has 1 aromatic carbocycles. The molecule has 9 unspecified atom stereocenters. The van der Waals surface area contributed by atoms with Gasteiger partial charge in [-0.1, -0.05) is 98.1 Å². The van der Waals surface area contributed by atoms with Gasteiger partial charge in [0.25, 0.3) is 0 Å². The Morgan fingerprint density at radius 2 is 1.47 bits per heavy atom. The highest BCUT2D eigenvalue weighted by Gasteiger charge is 2.60. The molecule has 1 aromatic rings. The minimum absolute atomic E-state index is 0.637. The van der Waals surface area contributed by atoms with Gasteiger partial charge in [0, 0.05) is 0 Å². The highest BCUT2D eigenvalue weighted by atomic mass is 14.6. The van der Waals surface area contributed by atoms with Crippen molar-refractivity contribution in [2.45, 2.75) is 132 Å². The second-order valence-electron chi connectivity index (χ2n) is 14.5. The first kappa shape index (κ1) is 28.2. The maximum atomic E-state index is 2.76. The van der Waals surface area contributed by atoms with Crippen LogP contribution in [0.3, 0.4) is 0 Å². The average Bonchev–Trinajstić information content (AvgIpc) is 3.23. The summed E-state index contributed by atoms with van der Waals surface area (Å²) in [4.78, 5) is 0. The molecule has 0 heteroatoms. The molecule has 204 valence electrons. The van der Waals surface area contributed by atoms with Crippen molar-refractivity contribution >= 4 is 0 Å². The Labute approximate surface area is 225 Å². The maximum absolute atomic E-state index is 2.76. The second kappa shape index (κ2) is 11.9. The zero-order chi connectivity index (χ0) is 25.9. The second-order valence-corrected chi connectivity index (χ2v) is 14.5. The molecular weight excluding hydrogens is 432 g/mol. The van der Waals surface area contributed by atoms with E-state index in [4.69, 9.17) is 0 Å². The van der Waals surface area contributed by atoms with Crippen molar-refractivity contribution in [2.24, 2.45) is 58.2 Å². The van der Waals surface area contributed by atoms with Crippen LogP contribution in [0.1, 0.15) is 131 Å². The van der Waals surface area contributed by atoms with Crippen LogP contribution in [-0.4, -0.2) is 0 Å². The summed E-state index contributed by atoms with van der Waals surface area (Å²) in [5.41, 5.74) is 2.85. The number of benzene rings is 1. The molecule has 4 aliphatic rings. The van der Waals surface area contributed by atoms with E-state index in [1.165, 1.54) is 64.2 Å². The van der Waals surface area contributed by atoms with E-state index in [1.54, 1.807) is 24.8 Å². The Morgan fingerprint density at radius 3 is 2.19 bits per heavy atom. The van der Waals surface area contributed by atoms with Crippen LogP contribution in [0, 0.1) is 58.2 Å². The van der Waals surface area contributed by atoms with Crippen LogP contribution in [0.5, 0.6) is 0 Å². The normalized spacial score (nSPS) is 40.4. The lowest BCUT2D eigenvalue weighted by Gasteiger charge is -2.61. The number of rotatable bonds is 7. The van der Waals surface area contributed by atoms with Gasteiger partial charge in [-0.3, -0.25) is 0 Å². The molecule has 0 saturated heterocycles. The van der Waals surface area contributed by atoms with Crippen molar-refractivity contribution in [3.8, 4) is 0 Å². The van der Waals surface area contributed by atoms with Gasteiger partial charge in [-0.2, -0.15) is 0 Å². The Morgan fingerprint density at radius 1 is 0.778 bits per heavy atom. The summed E-state index contributed by atoms with van der Waals surface area (Å²) in [5.74, 6) is 7.82. The Bertz CT molecular complexity index is 794. The fourth-order valence-electron chi connectivity index (χ4n) is 10.5. The van der Waals surface area contributed by atoms with Crippen molar-refractivity contribution < 1.29 is 0 Å². The van der Waals surface area contributed by atoms with E-state index in [-0.39, 0.29) is 0 Å². The molecule has 0 aliphatic heterocycles. The van der Waals surface area contributed by atoms with Gasteiger partial charge in [-0.15, -0.1) is 0 Å². The minimum atomic E-state index is 0.637. The van der Waals surface area contributed by atoms with Gasteiger partial charge >= 0.3 is 0 Å². The minimum Gasteiger partial charge on any atom is -0.0683 e. The lowest BCUT2D eigenvalue weighted by molar-refractivity contribution is -0.121. The van der Waals surface area contributed by atoms with E-state index in [1.807, 2.05) is 13.8 Å². The number of hydrogen-bond donors (Lipinski definition) is 0. The Hall–Kier alpha value is -0.780. The van der Waals surface area contributed by atoms with Gasteiger partial charge in [0.05, 0.1) is 0 Å². The van der Waals surface area contributed by atoms with E-state index in [9.17, 15) is 0 Å². The molecule has 0 heterocycles. The first-order valence-electron chi connectivity index (χ1n) is 16.3. The summed E-state index contributed by atoms with van der Waals surface area (Å²) in [6, 6.07) is 11.3. The monoisotopic (exact) mass is 492 g/mol. The van der Waals surface area contributed by atoms with Crippen LogP contribution in [0.4, 0.5) is 0 Å². The quantitative estimate of drug-likeness (QED) is 0.355. The van der Waals surface area contributed by atoms with E-state index >= 15 is 0 Å². The molecule has 0 spiro atoms. The number of fused-ring (bicyclic) bond motifs is 5. The molecular formula is C36H60. The van der Waals surface area contributed by atoms with Gasteiger partial charge in [-0.25, -0.2) is 0 Å². The lowest BCUT2D eigenvalue weighted by Crippen LogP contribution is -2.53. The van der Waals surface area contributed by atoms with Gasteiger partial charge in [0.1, 0.15) is 0 Å². The van der Waals surface area contributed by atoms with Crippen LogP contribution in [0.2, 0.25) is 0 Å². The van der Waals surface area contributed by atoms with Crippen LogP contribution in [0.25, 0.3) is 0 Å². The average molecular weight is 493 g/mol. The third-order valence-electron chi connectivity index (χ3n) is 12.3. The van der Waals surface area contributed by atoms with Crippen molar-refractivity contribution in [2.75, 3.05) is 0 Å². The molecule has 0 aromatic heterocycles. The summed E-state index contributed by atoms with van der Waals surface area (Å²) in [7, 11) is 0. The van der Waals surface area contributed by atoms with Crippen molar-refractivity contribution in [1.29, 1.82) is 0 Å². The van der Waals surface area contributed by atoms with E-state index in [2.05, 4.69) is 65.0 Å². The molecule has 4 saturated carbocycles. The largest absolute Gasteiger partial charge is 0.0683 e. The molecule has 0 nitrogen and oxygen atoms in total. The third kappa shape index (κ3) is 5.50. The smallest absolute Gasteiger partial charge is 0.0250 e. The van der Waals surface area contributed by atoms with Crippen molar-refractivity contribution in [3.05, 3.63) is 35.9 Å². The summed E-state index contributed by atoms with van der Waals surface area (Å²) < 4.78 is 0. The lowest BCUT2D eigenvalue weighted by atomic mass is 9.44. The van der Waals surface area contributed by atoms with Gasteiger partial charge in [0.2, 0.25) is 0 Å². The van der Waals surface area contributed by atoms with E-state index in [0.717, 1.165) is 47.3 Å². The summed E-state index contributed by atoms with van der Waals surface area (Å²) >= 11 is 0. The maximum Gasteiger partial charge on any atom is -0.0250 e. The highest BCUT2D eigenvalue weighted by Crippen LogP contribution is 2.68. The van der Waals surface area contributed by atoms with Crippen LogP contribution in [0.15, 0.2) is 30.3 Å². The molecule has 4 fully saturated rings. The first-order valence-corrected chi connectivity index (χ1v) is 16.3. The summed E-state index contributed by atoms with van der Waals surface area (Å²) in [6.45, 7) is 16.9. The molecule has 36 heavy (non-hydrogen) atoms. The van der Waals surface area contributed by atoms with Crippen molar-refractivity contribution in [1.82, 2.24) is 0 Å². The molecule has 4 aliphatic carbocycles. The fraction of sp³-hybridized carbons (Fsp3) is 0.833. The van der Waals surface area contributed by atoms with E-state index < -0.39 is 0 Å². The molecule has 9 atom stereocenters. The predicted octanol–water partition coefficient (Wildman–Crippen LogP) is 11.0. The highest BCUT2D eigenvalue weighted by molar-refractivity contribution is 5.16. The van der Waals surface area contributed by atoms with Crippen LogP contribution >= 0.6 is 0 Å². The summed E-state index contributed by atoms with van der Waals surface area (Å²) in [5, 5.41) is 0. The zero-order valence-corrected chi connectivity index (χ0v) is 25.2. The van der Waals surface area contributed by atoms with Gasteiger partial charge in [-0.05, 0) is 128 Å². The van der Waals surface area contributed by atoms with Gasteiger partial charge < -0.3 is 0 Å². The topological polar surface area (TPSA) is 0 Å². The third-order valence-corrected chi connectivity index (χ3v) is 12.3. The molecule has 0 amide bonds. The standard InChI is InChI=1S/C34H54.C2H6/c1-24(2)10-9-11-25(3)30-16-17-31-29-15-14-28-23-27(22-26-12-7-6-8-13-26)18-20-33(28,4)32(29)19-21-34(30,31)5;1-2/h6-8,12-13,24-25,27-32H,9-11,14-23H2,1-5H3;1-2H3. The molecule has 0 N–H and O–H groups in total. The first-order chi connectivity index (χ1) is 17.3. The number of hydrogen-bond acceptors (Lipinski definition) is 0. The Balaban J connectivity index is 0.00000148. The Kier molecular flexibility index (Phi) is 9.37. The van der Waals surface area contributed by atoms with Gasteiger partial charge in [0.15, 0.2) is 0 Å². The zero-order valence-electron chi connectivity index (χ0n) is 25.2. The fourth-order valence-corrected chi connectivity index (χ4v) is 10.5. The van der Waals surface area contributed by atoms with E-state index in [0.29, 0.717) is 10.8 Å². The van der Waals surface area contributed by atoms with Crippen molar-refractivity contribution in [3.63, 3.8) is 0 Å². The predicted molar refractivity (Wildman–Crippen MR) is 158 cm³/mol. The van der Waals surface area contributed by atoms with Crippen LogP contribution < -0.4 is 0 Å². The molecule has 0 bridgehead atoms.